The van der Waals surface area contributed by atoms with Gasteiger partial charge in [0.25, 0.3) is 0 Å². The average molecular weight is 325 g/mol. The Balaban J connectivity index is 1.64. The molecule has 0 radical (unpaired) electrons. The van der Waals surface area contributed by atoms with E-state index in [1.807, 2.05) is 4.90 Å². The van der Waals surface area contributed by atoms with Gasteiger partial charge < -0.3 is 14.5 Å². The Kier molecular flexibility index (Phi) is 7.19. The van der Waals surface area contributed by atoms with Crippen LogP contribution in [0.5, 0.6) is 0 Å². The van der Waals surface area contributed by atoms with Crippen LogP contribution in [0, 0.1) is 17.8 Å². The molecule has 0 N–H and O–H groups in total. The molecular formula is C19H36N2O2. The molecule has 1 amide bonds. The summed E-state index contributed by atoms with van der Waals surface area (Å²) >= 11 is 0. The van der Waals surface area contributed by atoms with E-state index in [0.29, 0.717) is 18.6 Å². The van der Waals surface area contributed by atoms with E-state index in [2.05, 4.69) is 32.6 Å². The molecule has 4 nitrogen and oxygen atoms in total. The van der Waals surface area contributed by atoms with E-state index in [1.165, 1.54) is 32.4 Å². The first kappa shape index (κ1) is 18.6. The van der Waals surface area contributed by atoms with Crippen LogP contribution in [0.2, 0.25) is 0 Å². The molecule has 0 atom stereocenters. The van der Waals surface area contributed by atoms with Gasteiger partial charge in [0.2, 0.25) is 0 Å². The highest BCUT2D eigenvalue weighted by Crippen LogP contribution is 2.30. The van der Waals surface area contributed by atoms with Crippen LogP contribution in [-0.4, -0.2) is 54.7 Å². The van der Waals surface area contributed by atoms with E-state index >= 15 is 0 Å². The topological polar surface area (TPSA) is 32.8 Å². The van der Waals surface area contributed by atoms with E-state index < -0.39 is 0 Å². The standard InChI is InChI=1S/C19H36N2O2/c1-15(2)14-23-19(22)21-11-7-18(8-12-21)13-17-5-9-20(10-6-17)16(3)4/h15-18H,5-14H2,1-4H3. The van der Waals surface area contributed by atoms with Crippen molar-refractivity contribution >= 4 is 6.09 Å². The molecule has 23 heavy (non-hydrogen) atoms. The Morgan fingerprint density at radius 2 is 1.48 bits per heavy atom. The van der Waals surface area contributed by atoms with Crippen LogP contribution in [-0.2, 0) is 4.74 Å². The number of carbonyl (C=O) groups excluding carboxylic acids is 1. The number of likely N-dealkylation sites (tertiary alicyclic amines) is 2. The summed E-state index contributed by atoms with van der Waals surface area (Å²) in [7, 11) is 0. The maximum absolute atomic E-state index is 12.0. The molecule has 4 heteroatoms. The van der Waals surface area contributed by atoms with Crippen molar-refractivity contribution in [3.05, 3.63) is 0 Å². The third-order valence-electron chi connectivity index (χ3n) is 5.46. The van der Waals surface area contributed by atoms with Gasteiger partial charge in [0.1, 0.15) is 0 Å². The lowest BCUT2D eigenvalue weighted by Crippen LogP contribution is -2.41. The first-order valence-electron chi connectivity index (χ1n) is 9.61. The molecule has 2 rings (SSSR count). The van der Waals surface area contributed by atoms with Gasteiger partial charge in [-0.2, -0.15) is 0 Å². The van der Waals surface area contributed by atoms with Gasteiger partial charge in [-0.05, 0) is 76.8 Å². The quantitative estimate of drug-likeness (QED) is 0.766. The monoisotopic (exact) mass is 324 g/mol. The van der Waals surface area contributed by atoms with E-state index in [1.54, 1.807) is 0 Å². The number of hydrogen-bond donors (Lipinski definition) is 0. The van der Waals surface area contributed by atoms with Gasteiger partial charge in [-0.15, -0.1) is 0 Å². The number of piperidine rings is 2. The summed E-state index contributed by atoms with van der Waals surface area (Å²) in [6, 6.07) is 0.691. The molecule has 2 saturated heterocycles. The van der Waals surface area contributed by atoms with Crippen molar-refractivity contribution in [1.29, 1.82) is 0 Å². The fourth-order valence-electron chi connectivity index (χ4n) is 3.86. The first-order valence-corrected chi connectivity index (χ1v) is 9.61. The van der Waals surface area contributed by atoms with Crippen molar-refractivity contribution in [2.45, 2.75) is 65.8 Å². The molecule has 0 aromatic rings. The van der Waals surface area contributed by atoms with E-state index in [0.717, 1.165) is 37.8 Å². The zero-order chi connectivity index (χ0) is 16.8. The van der Waals surface area contributed by atoms with Crippen molar-refractivity contribution in [2.75, 3.05) is 32.8 Å². The maximum Gasteiger partial charge on any atom is 0.409 e. The number of hydrogen-bond acceptors (Lipinski definition) is 3. The first-order chi connectivity index (χ1) is 11.0. The lowest BCUT2D eigenvalue weighted by Gasteiger charge is -2.37. The Bertz CT molecular complexity index is 354. The number of carbonyl (C=O) groups is 1. The number of ether oxygens (including phenoxy) is 1. The highest BCUT2D eigenvalue weighted by atomic mass is 16.6. The molecule has 2 fully saturated rings. The highest BCUT2D eigenvalue weighted by molar-refractivity contribution is 5.67. The van der Waals surface area contributed by atoms with E-state index in [-0.39, 0.29) is 6.09 Å². The summed E-state index contributed by atoms with van der Waals surface area (Å²) in [5, 5.41) is 0. The number of rotatable bonds is 5. The molecule has 134 valence electrons. The molecule has 0 bridgehead atoms. The predicted molar refractivity (Wildman–Crippen MR) is 94.5 cm³/mol. The molecule has 0 aliphatic carbocycles. The second-order valence-electron chi connectivity index (χ2n) is 8.21. The van der Waals surface area contributed by atoms with E-state index in [9.17, 15) is 4.79 Å². The zero-order valence-corrected chi connectivity index (χ0v) is 15.6. The predicted octanol–water partition coefficient (Wildman–Crippen LogP) is 4.00. The Labute approximate surface area is 142 Å². The van der Waals surface area contributed by atoms with Crippen LogP contribution in [0.4, 0.5) is 4.79 Å². The van der Waals surface area contributed by atoms with Crippen LogP contribution in [0.3, 0.4) is 0 Å². The molecule has 0 aromatic carbocycles. The molecule has 0 saturated carbocycles. The number of nitrogens with zero attached hydrogens (tertiary/aromatic N) is 2. The normalized spacial score (nSPS) is 22.1. The molecule has 2 heterocycles. The Morgan fingerprint density at radius 3 is 1.96 bits per heavy atom. The van der Waals surface area contributed by atoms with Crippen molar-refractivity contribution in [1.82, 2.24) is 9.80 Å². The van der Waals surface area contributed by atoms with Crippen LogP contribution < -0.4 is 0 Å². The fourth-order valence-corrected chi connectivity index (χ4v) is 3.86. The van der Waals surface area contributed by atoms with Crippen LogP contribution in [0.1, 0.15) is 59.8 Å². The van der Waals surface area contributed by atoms with Crippen LogP contribution in [0.25, 0.3) is 0 Å². The lowest BCUT2D eigenvalue weighted by molar-refractivity contribution is 0.0733. The van der Waals surface area contributed by atoms with Crippen molar-refractivity contribution in [3.63, 3.8) is 0 Å². The van der Waals surface area contributed by atoms with Crippen molar-refractivity contribution in [2.24, 2.45) is 17.8 Å². The second-order valence-corrected chi connectivity index (χ2v) is 8.21. The van der Waals surface area contributed by atoms with Gasteiger partial charge in [0.15, 0.2) is 0 Å². The van der Waals surface area contributed by atoms with Gasteiger partial charge in [0.05, 0.1) is 6.61 Å². The van der Waals surface area contributed by atoms with Gasteiger partial charge in [-0.3, -0.25) is 0 Å². The summed E-state index contributed by atoms with van der Waals surface area (Å²) in [5.74, 6) is 2.11. The Morgan fingerprint density at radius 1 is 0.957 bits per heavy atom. The van der Waals surface area contributed by atoms with Crippen molar-refractivity contribution < 1.29 is 9.53 Å². The van der Waals surface area contributed by atoms with Gasteiger partial charge in [0, 0.05) is 19.1 Å². The smallest absolute Gasteiger partial charge is 0.409 e. The highest BCUT2D eigenvalue weighted by Gasteiger charge is 2.28. The largest absolute Gasteiger partial charge is 0.449 e. The maximum atomic E-state index is 12.0. The summed E-state index contributed by atoms with van der Waals surface area (Å²) in [4.78, 5) is 16.5. The third kappa shape index (κ3) is 5.98. The van der Waals surface area contributed by atoms with E-state index in [4.69, 9.17) is 4.74 Å². The van der Waals surface area contributed by atoms with Crippen LogP contribution >= 0.6 is 0 Å². The second kappa shape index (κ2) is 8.91. The van der Waals surface area contributed by atoms with Gasteiger partial charge in [-0.1, -0.05) is 13.8 Å². The molecule has 2 aliphatic heterocycles. The molecule has 2 aliphatic rings. The minimum atomic E-state index is -0.109. The summed E-state index contributed by atoms with van der Waals surface area (Å²) in [6.07, 6.45) is 6.27. The average Bonchev–Trinajstić information content (AvgIpc) is 2.54. The zero-order valence-electron chi connectivity index (χ0n) is 15.6. The Hall–Kier alpha value is -0.770. The van der Waals surface area contributed by atoms with Crippen LogP contribution in [0.15, 0.2) is 0 Å². The SMILES string of the molecule is CC(C)COC(=O)N1CCC(CC2CCN(C(C)C)CC2)CC1. The van der Waals surface area contributed by atoms with Crippen molar-refractivity contribution in [3.8, 4) is 0 Å². The molecule has 0 spiro atoms. The fraction of sp³-hybridized carbons (Fsp3) is 0.947. The summed E-state index contributed by atoms with van der Waals surface area (Å²) < 4.78 is 5.34. The molecule has 0 unspecified atom stereocenters. The number of amides is 1. The van der Waals surface area contributed by atoms with Gasteiger partial charge >= 0.3 is 6.09 Å². The minimum Gasteiger partial charge on any atom is -0.449 e. The third-order valence-corrected chi connectivity index (χ3v) is 5.46. The minimum absolute atomic E-state index is 0.109. The summed E-state index contributed by atoms with van der Waals surface area (Å²) in [5.41, 5.74) is 0. The lowest BCUT2D eigenvalue weighted by atomic mass is 9.82. The summed E-state index contributed by atoms with van der Waals surface area (Å²) in [6.45, 7) is 13.6. The molecular weight excluding hydrogens is 288 g/mol. The molecule has 0 aromatic heterocycles. The van der Waals surface area contributed by atoms with Gasteiger partial charge in [-0.25, -0.2) is 4.79 Å².